The monoisotopic (exact) mass is 653 g/mol. The number of nitrogens with zero attached hydrogens (tertiary/aromatic N) is 1. The number of hydrogen-bond donors (Lipinski definition) is 1. The summed E-state index contributed by atoms with van der Waals surface area (Å²) < 4.78 is 48.5. The number of Topliss-reactive ketones (excluding diaryl/α,β-unsaturated/α-hetero) is 1. The second-order valence-corrected chi connectivity index (χ2v) is 16.4. The van der Waals surface area contributed by atoms with E-state index in [1.165, 1.54) is 18.6 Å². The smallest absolute Gasteiger partial charge is 0.440 e. The van der Waals surface area contributed by atoms with E-state index in [0.29, 0.717) is 30.7 Å². The number of ether oxygens (including phenoxy) is 2. The van der Waals surface area contributed by atoms with E-state index in [-0.39, 0.29) is 52.4 Å². The molecule has 1 amide bonds. The number of aliphatic hydroxyl groups excluding tert-OH is 1. The lowest BCUT2D eigenvalue weighted by molar-refractivity contribution is -0.274. The normalized spacial score (nSPS) is 42.5. The van der Waals surface area contributed by atoms with Gasteiger partial charge in [-0.3, -0.25) is 9.69 Å². The standard InChI is InChI=1S/C38H46F3NO5/c1-33-15-12-26(43)20-35(33)18-19-37(28(21-35)31(44)25-6-4-3-5-7-25)29(33)13-16-34(2)30(37)14-17-36(34)23-42(32(45)47-36)22-24-8-10-27(11-9-24)46-38(39,40)41/h8-11,18-19,21,25-26,29-30,43H,3-7,12-17,20,22-23H2,1-2H3. The van der Waals surface area contributed by atoms with Crippen molar-refractivity contribution in [3.63, 3.8) is 0 Å². The van der Waals surface area contributed by atoms with Crippen molar-refractivity contribution in [2.75, 3.05) is 6.54 Å². The SMILES string of the molecule is CC12CCC(O)CC13C=CC1(C(C(=O)C4CCCCC4)=C3)C2CCC2(C)C1CCC21CN(Cc2ccc(OC(F)(F)F)cc2)C(=O)O1. The fourth-order valence-corrected chi connectivity index (χ4v) is 12.1. The lowest BCUT2D eigenvalue weighted by Crippen LogP contribution is -2.67. The molecule has 47 heavy (non-hydrogen) atoms. The molecular weight excluding hydrogens is 607 g/mol. The number of hydrogen-bond acceptors (Lipinski definition) is 5. The van der Waals surface area contributed by atoms with E-state index in [1.807, 2.05) is 0 Å². The van der Waals surface area contributed by atoms with Crippen LogP contribution in [-0.2, 0) is 16.1 Å². The number of amides is 1. The molecule has 9 heteroatoms. The van der Waals surface area contributed by atoms with E-state index < -0.39 is 23.5 Å². The van der Waals surface area contributed by atoms with Crippen molar-refractivity contribution < 1.29 is 37.3 Å². The van der Waals surface area contributed by atoms with Gasteiger partial charge in [-0.25, -0.2) is 4.79 Å². The number of carbonyl (C=O) groups excluding carboxylic acids is 2. The Hall–Kier alpha value is -2.81. The number of aliphatic hydroxyl groups is 1. The van der Waals surface area contributed by atoms with Crippen LogP contribution >= 0.6 is 0 Å². The second-order valence-electron chi connectivity index (χ2n) is 16.4. The number of benzene rings is 1. The van der Waals surface area contributed by atoms with Crippen LogP contribution in [0.3, 0.4) is 0 Å². The van der Waals surface area contributed by atoms with Gasteiger partial charge >= 0.3 is 12.5 Å². The van der Waals surface area contributed by atoms with Gasteiger partial charge in [0, 0.05) is 34.3 Å². The number of alkyl halides is 3. The van der Waals surface area contributed by atoms with E-state index in [9.17, 15) is 27.9 Å². The van der Waals surface area contributed by atoms with Crippen molar-refractivity contribution in [3.05, 3.63) is 53.6 Å². The van der Waals surface area contributed by atoms with Crippen molar-refractivity contribution in [1.82, 2.24) is 4.90 Å². The largest absolute Gasteiger partial charge is 0.573 e. The Morgan fingerprint density at radius 2 is 1.64 bits per heavy atom. The Morgan fingerprint density at radius 1 is 0.957 bits per heavy atom. The van der Waals surface area contributed by atoms with Gasteiger partial charge in [-0.2, -0.15) is 0 Å². The minimum Gasteiger partial charge on any atom is -0.440 e. The van der Waals surface area contributed by atoms with Gasteiger partial charge in [-0.15, -0.1) is 13.2 Å². The van der Waals surface area contributed by atoms with Gasteiger partial charge in [0.25, 0.3) is 0 Å². The summed E-state index contributed by atoms with van der Waals surface area (Å²) in [5.74, 6) is 0.462. The summed E-state index contributed by atoms with van der Waals surface area (Å²) in [6.07, 6.45) is 12.5. The van der Waals surface area contributed by atoms with E-state index in [4.69, 9.17) is 4.74 Å². The Labute approximate surface area is 274 Å². The zero-order valence-electron chi connectivity index (χ0n) is 27.4. The first-order valence-electron chi connectivity index (χ1n) is 17.7. The topological polar surface area (TPSA) is 76.1 Å². The van der Waals surface area contributed by atoms with Gasteiger partial charge < -0.3 is 14.6 Å². The van der Waals surface area contributed by atoms with Crippen LogP contribution in [0.4, 0.5) is 18.0 Å². The highest BCUT2D eigenvalue weighted by molar-refractivity contribution is 6.00. The molecule has 1 aromatic rings. The number of carbonyl (C=O) groups is 2. The summed E-state index contributed by atoms with van der Waals surface area (Å²) in [4.78, 5) is 29.9. The van der Waals surface area contributed by atoms with E-state index in [2.05, 4.69) is 36.8 Å². The van der Waals surface area contributed by atoms with Gasteiger partial charge in [0.15, 0.2) is 5.78 Å². The van der Waals surface area contributed by atoms with Gasteiger partial charge in [0.05, 0.1) is 12.6 Å². The average Bonchev–Trinajstić information content (AvgIpc) is 3.51. The molecule has 2 bridgehead atoms. The number of allylic oxidation sites excluding steroid dienone is 4. The van der Waals surface area contributed by atoms with Crippen LogP contribution in [0.5, 0.6) is 5.75 Å². The quantitative estimate of drug-likeness (QED) is 0.324. The van der Waals surface area contributed by atoms with Crippen LogP contribution in [0.25, 0.3) is 0 Å². The molecule has 6 nitrogen and oxygen atoms in total. The molecule has 3 spiro atoms. The van der Waals surface area contributed by atoms with Crippen LogP contribution in [-0.4, -0.2) is 46.5 Å². The highest BCUT2D eigenvalue weighted by Crippen LogP contribution is 2.79. The van der Waals surface area contributed by atoms with Crippen molar-refractivity contribution in [2.24, 2.45) is 39.4 Å². The van der Waals surface area contributed by atoms with E-state index in [0.717, 1.165) is 63.4 Å². The molecule has 0 radical (unpaired) electrons. The molecule has 0 aromatic heterocycles. The van der Waals surface area contributed by atoms with E-state index in [1.54, 1.807) is 17.0 Å². The first-order chi connectivity index (χ1) is 22.2. The minimum absolute atomic E-state index is 0.0465. The number of halogens is 3. The molecule has 1 N–H and O–H groups in total. The Balaban J connectivity index is 1.13. The van der Waals surface area contributed by atoms with Crippen LogP contribution in [0.2, 0.25) is 0 Å². The molecule has 5 fully saturated rings. The number of rotatable bonds is 5. The molecule has 1 aromatic carbocycles. The lowest BCUT2D eigenvalue weighted by atomic mass is 9.32. The highest BCUT2D eigenvalue weighted by atomic mass is 19.4. The maximum absolute atomic E-state index is 14.7. The van der Waals surface area contributed by atoms with E-state index >= 15 is 0 Å². The minimum atomic E-state index is -4.77. The summed E-state index contributed by atoms with van der Waals surface area (Å²) in [6.45, 7) is 5.34. The predicted molar refractivity (Wildman–Crippen MR) is 168 cm³/mol. The first kappa shape index (κ1) is 31.5. The van der Waals surface area contributed by atoms with Crippen LogP contribution in [0.15, 0.2) is 48.1 Å². The molecule has 1 saturated heterocycles. The molecule has 8 atom stereocenters. The van der Waals surface area contributed by atoms with Gasteiger partial charge in [-0.1, -0.05) is 63.5 Å². The molecule has 9 rings (SSSR count). The average molecular weight is 654 g/mol. The maximum Gasteiger partial charge on any atom is 0.573 e. The Morgan fingerprint density at radius 3 is 2.36 bits per heavy atom. The Kier molecular flexibility index (Phi) is 6.93. The lowest BCUT2D eigenvalue weighted by Gasteiger charge is -2.71. The van der Waals surface area contributed by atoms with Crippen molar-refractivity contribution in [3.8, 4) is 5.75 Å². The summed E-state index contributed by atoms with van der Waals surface area (Å²) in [5.41, 5.74) is -0.207. The second kappa shape index (κ2) is 10.3. The Bertz CT molecular complexity index is 1530. The molecule has 8 aliphatic rings. The zero-order valence-corrected chi connectivity index (χ0v) is 27.4. The third-order valence-electron chi connectivity index (χ3n) is 14.4. The summed E-state index contributed by atoms with van der Waals surface area (Å²) >= 11 is 0. The van der Waals surface area contributed by atoms with Gasteiger partial charge in [0.2, 0.25) is 0 Å². The van der Waals surface area contributed by atoms with Crippen LogP contribution in [0.1, 0.15) is 96.5 Å². The fraction of sp³-hybridized carbons (Fsp3) is 0.684. The van der Waals surface area contributed by atoms with Crippen LogP contribution < -0.4 is 4.74 Å². The van der Waals surface area contributed by atoms with Crippen molar-refractivity contribution in [1.29, 1.82) is 0 Å². The fourth-order valence-electron chi connectivity index (χ4n) is 12.1. The summed E-state index contributed by atoms with van der Waals surface area (Å²) in [5, 5.41) is 10.9. The van der Waals surface area contributed by atoms with Gasteiger partial charge in [-0.05, 0) is 92.7 Å². The predicted octanol–water partition coefficient (Wildman–Crippen LogP) is 8.29. The third kappa shape index (κ3) is 4.39. The number of fused-ring (bicyclic) bond motifs is 2. The first-order valence-corrected chi connectivity index (χ1v) is 17.7. The van der Waals surface area contributed by atoms with Crippen molar-refractivity contribution >= 4 is 11.9 Å². The molecule has 8 unspecified atom stereocenters. The summed E-state index contributed by atoms with van der Waals surface area (Å²) in [6, 6.07) is 5.65. The molecule has 1 aliphatic heterocycles. The summed E-state index contributed by atoms with van der Waals surface area (Å²) in [7, 11) is 0. The highest BCUT2D eigenvalue weighted by Gasteiger charge is 2.76. The zero-order chi connectivity index (χ0) is 33.0. The molecule has 4 saturated carbocycles. The molecule has 7 aliphatic carbocycles. The number of ketones is 1. The van der Waals surface area contributed by atoms with Crippen molar-refractivity contribution in [2.45, 2.75) is 116 Å². The molecular formula is C38H46F3NO5. The molecule has 254 valence electrons. The van der Waals surface area contributed by atoms with Crippen LogP contribution in [0, 0.1) is 39.4 Å². The molecule has 1 heterocycles. The third-order valence-corrected chi connectivity index (χ3v) is 14.4. The van der Waals surface area contributed by atoms with Gasteiger partial charge in [0.1, 0.15) is 11.4 Å². The maximum atomic E-state index is 14.7.